The number of ether oxygens (including phenoxy) is 1. The average Bonchev–Trinajstić information content (AvgIpc) is 3.45. The van der Waals surface area contributed by atoms with Gasteiger partial charge in [-0.2, -0.15) is 26.3 Å². The number of carboxylic acids is 2. The third-order valence-electron chi connectivity index (χ3n) is 4.86. The summed E-state index contributed by atoms with van der Waals surface area (Å²) in [6, 6.07) is 2.01. The number of furan rings is 1. The summed E-state index contributed by atoms with van der Waals surface area (Å²) in [5.41, 5.74) is 3.51. The van der Waals surface area contributed by atoms with Gasteiger partial charge in [-0.3, -0.25) is 4.90 Å². The van der Waals surface area contributed by atoms with E-state index in [1.807, 2.05) is 10.7 Å². The van der Waals surface area contributed by atoms with E-state index in [0.717, 1.165) is 45.0 Å². The standard InChI is InChI=1S/C17H27N5O2.2C2HF3O2/c1-4-22-17-15(13-24-8-6-20(2)3)10-21(11-16(17)18-19-22)9-14-5-7-23-12-14;2*3-2(4,5)1(6)7/h5,7,12,15H,4,6,8-11,13H2,1-3H3;2*(H,6,7). The molecule has 0 spiro atoms. The van der Waals surface area contributed by atoms with Gasteiger partial charge in [0.1, 0.15) is 5.69 Å². The van der Waals surface area contributed by atoms with Crippen LogP contribution in [0.2, 0.25) is 0 Å². The molecule has 38 heavy (non-hydrogen) atoms. The summed E-state index contributed by atoms with van der Waals surface area (Å²) in [6.07, 6.45) is -6.64. The van der Waals surface area contributed by atoms with Crippen LogP contribution in [0, 0.1) is 0 Å². The lowest BCUT2D eigenvalue weighted by atomic mass is 9.98. The highest BCUT2D eigenvalue weighted by Crippen LogP contribution is 2.28. The molecule has 1 atom stereocenters. The first-order valence-electron chi connectivity index (χ1n) is 11.0. The number of hydrogen-bond donors (Lipinski definition) is 2. The molecule has 2 aromatic heterocycles. The number of hydrogen-bond acceptors (Lipinski definition) is 8. The van der Waals surface area contributed by atoms with Crippen LogP contribution in [0.5, 0.6) is 0 Å². The number of nitrogens with zero attached hydrogens (tertiary/aromatic N) is 5. The molecule has 2 aromatic rings. The maximum atomic E-state index is 10.6. The molecule has 0 saturated heterocycles. The fourth-order valence-corrected chi connectivity index (χ4v) is 3.19. The second-order valence-electron chi connectivity index (χ2n) is 8.22. The van der Waals surface area contributed by atoms with Crippen molar-refractivity contribution >= 4 is 11.9 Å². The molecule has 1 unspecified atom stereocenters. The Bertz CT molecular complexity index is 970. The van der Waals surface area contributed by atoms with Crippen molar-refractivity contribution in [1.82, 2.24) is 24.8 Å². The molecule has 0 aromatic carbocycles. The fraction of sp³-hybridized carbons (Fsp3) is 0.619. The van der Waals surface area contributed by atoms with Gasteiger partial charge in [0.15, 0.2) is 0 Å². The molecule has 0 aliphatic carbocycles. The molecule has 0 fully saturated rings. The van der Waals surface area contributed by atoms with Gasteiger partial charge in [0, 0.05) is 44.2 Å². The highest BCUT2D eigenvalue weighted by atomic mass is 19.4. The molecule has 2 N–H and O–H groups in total. The number of rotatable bonds is 8. The summed E-state index contributed by atoms with van der Waals surface area (Å²) >= 11 is 0. The van der Waals surface area contributed by atoms with E-state index in [1.54, 1.807) is 12.5 Å². The zero-order valence-electron chi connectivity index (χ0n) is 20.8. The molecular formula is C21H29F6N5O6. The number of aryl methyl sites for hydroxylation is 1. The van der Waals surface area contributed by atoms with Gasteiger partial charge in [0.2, 0.25) is 0 Å². The number of fused-ring (bicyclic) bond motifs is 1. The van der Waals surface area contributed by atoms with E-state index in [0.29, 0.717) is 12.5 Å². The highest BCUT2D eigenvalue weighted by Gasteiger charge is 2.39. The number of alkyl halides is 6. The number of carbonyl (C=O) groups is 2. The summed E-state index contributed by atoms with van der Waals surface area (Å²) in [5, 5.41) is 23.0. The molecule has 216 valence electrons. The largest absolute Gasteiger partial charge is 0.490 e. The maximum absolute atomic E-state index is 10.6. The molecule has 3 rings (SSSR count). The monoisotopic (exact) mass is 561 g/mol. The summed E-state index contributed by atoms with van der Waals surface area (Å²) in [6.45, 7) is 7.98. The lowest BCUT2D eigenvalue weighted by molar-refractivity contribution is -0.193. The van der Waals surface area contributed by atoms with Gasteiger partial charge in [-0.15, -0.1) is 5.10 Å². The van der Waals surface area contributed by atoms with E-state index >= 15 is 0 Å². The van der Waals surface area contributed by atoms with Crippen molar-refractivity contribution in [1.29, 1.82) is 0 Å². The number of carboxylic acid groups (broad SMARTS) is 2. The van der Waals surface area contributed by atoms with Gasteiger partial charge in [0.05, 0.1) is 31.4 Å². The molecular weight excluding hydrogens is 532 g/mol. The quantitative estimate of drug-likeness (QED) is 0.366. The summed E-state index contributed by atoms with van der Waals surface area (Å²) in [5.74, 6) is -5.21. The summed E-state index contributed by atoms with van der Waals surface area (Å²) in [4.78, 5) is 22.3. The van der Waals surface area contributed by atoms with Crippen molar-refractivity contribution in [3.63, 3.8) is 0 Å². The minimum atomic E-state index is -5.08. The normalized spacial score (nSPS) is 15.7. The zero-order valence-corrected chi connectivity index (χ0v) is 20.8. The molecule has 17 heteroatoms. The predicted octanol–water partition coefficient (Wildman–Crippen LogP) is 2.84. The van der Waals surface area contributed by atoms with E-state index in [4.69, 9.17) is 29.0 Å². The van der Waals surface area contributed by atoms with Gasteiger partial charge in [0.25, 0.3) is 0 Å². The van der Waals surface area contributed by atoms with Gasteiger partial charge in [-0.05, 0) is 27.1 Å². The second-order valence-corrected chi connectivity index (χ2v) is 8.22. The molecule has 0 saturated carbocycles. The van der Waals surface area contributed by atoms with E-state index in [-0.39, 0.29) is 0 Å². The smallest absolute Gasteiger partial charge is 0.475 e. The van der Waals surface area contributed by atoms with Crippen molar-refractivity contribution in [3.8, 4) is 0 Å². The van der Waals surface area contributed by atoms with Crippen LogP contribution in [-0.2, 0) is 34.0 Å². The minimum absolute atomic E-state index is 0.303. The Morgan fingerprint density at radius 2 is 1.74 bits per heavy atom. The first-order valence-corrected chi connectivity index (χ1v) is 11.0. The number of likely N-dealkylation sites (N-methyl/N-ethyl adjacent to an activating group) is 1. The Kier molecular flexibility index (Phi) is 12.7. The van der Waals surface area contributed by atoms with Crippen molar-refractivity contribution < 1.29 is 55.3 Å². The third-order valence-corrected chi connectivity index (χ3v) is 4.86. The average molecular weight is 561 g/mol. The van der Waals surface area contributed by atoms with Gasteiger partial charge in [-0.1, -0.05) is 5.21 Å². The van der Waals surface area contributed by atoms with Crippen molar-refractivity contribution in [2.45, 2.75) is 44.8 Å². The van der Waals surface area contributed by atoms with E-state index in [9.17, 15) is 26.3 Å². The minimum Gasteiger partial charge on any atom is -0.475 e. The van der Waals surface area contributed by atoms with E-state index < -0.39 is 24.3 Å². The molecule has 0 bridgehead atoms. The Morgan fingerprint density at radius 3 is 2.18 bits per heavy atom. The molecule has 11 nitrogen and oxygen atoms in total. The van der Waals surface area contributed by atoms with Crippen LogP contribution in [-0.4, -0.2) is 99.7 Å². The molecule has 1 aliphatic rings. The Balaban J connectivity index is 0.000000426. The van der Waals surface area contributed by atoms with Crippen LogP contribution in [0.1, 0.15) is 29.8 Å². The van der Waals surface area contributed by atoms with Crippen LogP contribution < -0.4 is 0 Å². The Labute approximate surface area is 213 Å². The fourth-order valence-electron chi connectivity index (χ4n) is 3.19. The lowest BCUT2D eigenvalue weighted by Crippen LogP contribution is -2.36. The van der Waals surface area contributed by atoms with Crippen molar-refractivity contribution in [2.24, 2.45) is 0 Å². The first-order chi connectivity index (χ1) is 17.6. The molecule has 0 radical (unpaired) electrons. The number of halogens is 6. The van der Waals surface area contributed by atoms with E-state index in [1.165, 1.54) is 11.3 Å². The van der Waals surface area contributed by atoms with E-state index in [2.05, 4.69) is 41.1 Å². The van der Waals surface area contributed by atoms with Crippen LogP contribution in [0.3, 0.4) is 0 Å². The van der Waals surface area contributed by atoms with Crippen molar-refractivity contribution in [3.05, 3.63) is 35.5 Å². The topological polar surface area (TPSA) is 134 Å². The van der Waals surface area contributed by atoms with Crippen LogP contribution in [0.4, 0.5) is 26.3 Å². The van der Waals surface area contributed by atoms with Crippen LogP contribution in [0.25, 0.3) is 0 Å². The van der Waals surface area contributed by atoms with Crippen molar-refractivity contribution in [2.75, 3.05) is 40.4 Å². The zero-order chi connectivity index (χ0) is 29.1. The Morgan fingerprint density at radius 1 is 1.16 bits per heavy atom. The van der Waals surface area contributed by atoms with Gasteiger partial charge >= 0.3 is 24.3 Å². The first kappa shape index (κ1) is 32.8. The molecule has 1 aliphatic heterocycles. The van der Waals surface area contributed by atoms with Crippen LogP contribution in [0.15, 0.2) is 23.0 Å². The SMILES string of the molecule is CCn1nnc2c1C(COCCN(C)C)CN(Cc1ccoc1)C2.O=C(O)C(F)(F)F.O=C(O)C(F)(F)F. The summed E-state index contributed by atoms with van der Waals surface area (Å²) in [7, 11) is 4.12. The number of aromatic nitrogens is 3. The van der Waals surface area contributed by atoms with Crippen LogP contribution >= 0.6 is 0 Å². The Hall–Kier alpha value is -3.18. The van der Waals surface area contributed by atoms with Gasteiger partial charge < -0.3 is 24.3 Å². The highest BCUT2D eigenvalue weighted by molar-refractivity contribution is 5.73. The number of aliphatic carboxylic acids is 2. The maximum Gasteiger partial charge on any atom is 0.490 e. The summed E-state index contributed by atoms with van der Waals surface area (Å²) < 4.78 is 76.6. The third kappa shape index (κ3) is 11.5. The second kappa shape index (κ2) is 14.7. The molecule has 0 amide bonds. The predicted molar refractivity (Wildman–Crippen MR) is 118 cm³/mol. The molecule has 3 heterocycles. The lowest BCUT2D eigenvalue weighted by Gasteiger charge is -2.32. The van der Waals surface area contributed by atoms with Gasteiger partial charge in [-0.25, -0.2) is 14.3 Å².